The van der Waals surface area contributed by atoms with Crippen LogP contribution in [0.4, 0.5) is 4.79 Å². The third-order valence-electron chi connectivity index (χ3n) is 8.45. The van der Waals surface area contributed by atoms with Gasteiger partial charge in [0.2, 0.25) is 5.78 Å². The van der Waals surface area contributed by atoms with Crippen LogP contribution in [0, 0.1) is 28.6 Å². The molecule has 0 bridgehead atoms. The first kappa shape index (κ1) is 20.3. The Balaban J connectivity index is 1.66. The third kappa shape index (κ3) is 2.74. The number of hydrogen-bond acceptors (Lipinski definition) is 6. The number of allylic oxidation sites excluding steroid dienone is 4. The number of aliphatic hydroxyl groups excluding tert-OH is 1. The zero-order chi connectivity index (χ0) is 21.2. The van der Waals surface area contributed by atoms with Gasteiger partial charge in [0.25, 0.3) is 0 Å². The number of Topliss-reactive ketones (excluding diaryl/α,β-unsaturated/α-hetero) is 1. The van der Waals surface area contributed by atoms with Gasteiger partial charge in [-0.15, -0.1) is 0 Å². The predicted octanol–water partition coefficient (Wildman–Crippen LogP) is 1.66. The van der Waals surface area contributed by atoms with Gasteiger partial charge in [-0.1, -0.05) is 25.5 Å². The van der Waals surface area contributed by atoms with Crippen molar-refractivity contribution in [1.29, 1.82) is 0 Å². The molecule has 158 valence electrons. The van der Waals surface area contributed by atoms with Gasteiger partial charge in [-0.2, -0.15) is 0 Å². The van der Waals surface area contributed by atoms with Crippen molar-refractivity contribution in [1.82, 2.24) is 0 Å². The van der Waals surface area contributed by atoms with Gasteiger partial charge < -0.3 is 20.7 Å². The van der Waals surface area contributed by atoms with Crippen molar-refractivity contribution in [3.05, 3.63) is 23.8 Å². The number of aliphatic hydroxyl groups is 2. The fourth-order valence-electron chi connectivity index (χ4n) is 7.04. The fraction of sp³-hybridized carbons (Fsp3) is 0.682. The number of hydrogen-bond donors (Lipinski definition) is 3. The quantitative estimate of drug-likeness (QED) is 0.658. The molecule has 3 fully saturated rings. The maximum atomic E-state index is 12.8. The normalized spacial score (nSPS) is 45.7. The van der Waals surface area contributed by atoms with Crippen LogP contribution < -0.4 is 5.73 Å². The number of carbonyl (C=O) groups excluding carboxylic acids is 3. The van der Waals surface area contributed by atoms with Crippen LogP contribution in [0.3, 0.4) is 0 Å². The molecule has 0 aromatic rings. The molecule has 0 heterocycles. The lowest BCUT2D eigenvalue weighted by atomic mass is 9.46. The molecule has 4 aliphatic carbocycles. The average molecular weight is 403 g/mol. The summed E-state index contributed by atoms with van der Waals surface area (Å²) < 4.78 is 4.65. The topological polar surface area (TPSA) is 127 Å². The SMILES string of the molecule is C[C@]12C=CC(=O)C=C1CC[C@@H]1[C@@H]2C(O)C[C@@]2(C)[C@H]1CC[C@]2(O)C(=O)COC(N)=O. The van der Waals surface area contributed by atoms with E-state index in [9.17, 15) is 24.6 Å². The first-order valence-electron chi connectivity index (χ1n) is 10.3. The highest BCUT2D eigenvalue weighted by atomic mass is 16.5. The smallest absolute Gasteiger partial charge is 0.404 e. The Hall–Kier alpha value is -1.99. The predicted molar refractivity (Wildman–Crippen MR) is 103 cm³/mol. The lowest BCUT2D eigenvalue weighted by Gasteiger charge is -2.59. The maximum Gasteiger partial charge on any atom is 0.404 e. The second-order valence-electron chi connectivity index (χ2n) is 9.64. The van der Waals surface area contributed by atoms with Crippen LogP contribution >= 0.6 is 0 Å². The minimum atomic E-state index is -1.66. The van der Waals surface area contributed by atoms with Crippen molar-refractivity contribution in [2.75, 3.05) is 6.61 Å². The van der Waals surface area contributed by atoms with E-state index in [0.717, 1.165) is 18.4 Å². The van der Waals surface area contributed by atoms with Crippen LogP contribution in [0.2, 0.25) is 0 Å². The van der Waals surface area contributed by atoms with Gasteiger partial charge in [0.05, 0.1) is 6.10 Å². The van der Waals surface area contributed by atoms with Gasteiger partial charge in [0, 0.05) is 16.7 Å². The number of primary amides is 1. The number of rotatable bonds is 3. The van der Waals surface area contributed by atoms with Gasteiger partial charge in [-0.25, -0.2) is 4.79 Å². The van der Waals surface area contributed by atoms with E-state index in [0.29, 0.717) is 6.42 Å². The second kappa shape index (κ2) is 6.51. The van der Waals surface area contributed by atoms with E-state index < -0.39 is 41.0 Å². The number of ketones is 2. The van der Waals surface area contributed by atoms with Crippen LogP contribution in [-0.2, 0) is 14.3 Å². The molecule has 4 aliphatic rings. The van der Waals surface area contributed by atoms with Crippen LogP contribution in [0.5, 0.6) is 0 Å². The van der Waals surface area contributed by atoms with Crippen molar-refractivity contribution in [3.63, 3.8) is 0 Å². The number of fused-ring (bicyclic) bond motifs is 5. The van der Waals surface area contributed by atoms with Crippen LogP contribution in [0.1, 0.15) is 46.0 Å². The molecule has 7 atom stereocenters. The molecule has 7 nitrogen and oxygen atoms in total. The molecule has 0 aliphatic heterocycles. The summed E-state index contributed by atoms with van der Waals surface area (Å²) in [5, 5.41) is 22.6. The zero-order valence-electron chi connectivity index (χ0n) is 16.9. The summed E-state index contributed by atoms with van der Waals surface area (Å²) in [4.78, 5) is 35.6. The molecule has 0 aromatic heterocycles. The summed E-state index contributed by atoms with van der Waals surface area (Å²) >= 11 is 0. The molecule has 0 saturated heterocycles. The molecule has 0 radical (unpaired) electrons. The standard InChI is InChI=1S/C22H29NO6/c1-20-7-5-13(24)9-12(20)3-4-14-15-6-8-22(28,17(26)11-29-19(23)27)21(15,2)10-16(25)18(14)20/h5,7,9,14-16,18,25,28H,3-4,6,8,10-11H2,1-2H3,(H2,23,27)/t14-,15-,16?,18+,20-,21-,22-/m0/s1. The maximum absolute atomic E-state index is 12.8. The van der Waals surface area contributed by atoms with Crippen LogP contribution in [-0.4, -0.2) is 46.2 Å². The average Bonchev–Trinajstić information content (AvgIpc) is 2.91. The summed E-state index contributed by atoms with van der Waals surface area (Å²) in [5.74, 6) is -0.450. The number of amides is 1. The number of ether oxygens (including phenoxy) is 1. The highest BCUT2D eigenvalue weighted by Gasteiger charge is 2.68. The molecule has 4 rings (SSSR count). The fourth-order valence-corrected chi connectivity index (χ4v) is 7.04. The summed E-state index contributed by atoms with van der Waals surface area (Å²) in [5.41, 5.74) is 3.18. The van der Waals surface area contributed by atoms with Gasteiger partial charge >= 0.3 is 6.09 Å². The molecule has 7 heteroatoms. The zero-order valence-corrected chi connectivity index (χ0v) is 16.9. The van der Waals surface area contributed by atoms with E-state index in [-0.39, 0.29) is 36.4 Å². The lowest BCUT2D eigenvalue weighted by molar-refractivity contribution is -0.178. The Bertz CT molecular complexity index is 833. The van der Waals surface area contributed by atoms with Gasteiger partial charge in [0.15, 0.2) is 12.4 Å². The van der Waals surface area contributed by atoms with Gasteiger partial charge in [-0.3, -0.25) is 9.59 Å². The first-order valence-corrected chi connectivity index (χ1v) is 10.3. The molecule has 4 N–H and O–H groups in total. The molecule has 0 aromatic carbocycles. The largest absolute Gasteiger partial charge is 0.442 e. The molecule has 1 amide bonds. The minimum Gasteiger partial charge on any atom is -0.442 e. The van der Waals surface area contributed by atoms with E-state index in [1.807, 2.05) is 13.0 Å². The van der Waals surface area contributed by atoms with Crippen molar-refractivity contribution in [2.24, 2.45) is 34.3 Å². The lowest BCUT2D eigenvalue weighted by Crippen LogP contribution is -2.61. The highest BCUT2D eigenvalue weighted by molar-refractivity contribution is 6.01. The Morgan fingerprint density at radius 1 is 1.31 bits per heavy atom. The number of nitrogens with two attached hydrogens (primary N) is 1. The van der Waals surface area contributed by atoms with E-state index in [1.54, 1.807) is 12.2 Å². The van der Waals surface area contributed by atoms with E-state index in [4.69, 9.17) is 5.73 Å². The van der Waals surface area contributed by atoms with Crippen LogP contribution in [0.25, 0.3) is 0 Å². The van der Waals surface area contributed by atoms with Crippen molar-refractivity contribution in [2.45, 2.75) is 57.7 Å². The van der Waals surface area contributed by atoms with Crippen molar-refractivity contribution < 1.29 is 29.3 Å². The Morgan fingerprint density at radius 3 is 2.72 bits per heavy atom. The summed E-state index contributed by atoms with van der Waals surface area (Å²) in [6.07, 6.45) is 6.25. The molecule has 1 unspecified atom stereocenters. The molecular weight excluding hydrogens is 374 g/mol. The Labute approximate surface area is 170 Å². The van der Waals surface area contributed by atoms with Crippen molar-refractivity contribution >= 4 is 17.7 Å². The van der Waals surface area contributed by atoms with E-state index in [2.05, 4.69) is 11.7 Å². The van der Waals surface area contributed by atoms with E-state index in [1.165, 1.54) is 0 Å². The second-order valence-corrected chi connectivity index (χ2v) is 9.64. The molecular formula is C22H29NO6. The minimum absolute atomic E-state index is 0.0126. The summed E-state index contributed by atoms with van der Waals surface area (Å²) in [6.45, 7) is 3.39. The first-order chi connectivity index (χ1) is 13.5. The summed E-state index contributed by atoms with van der Waals surface area (Å²) in [6, 6.07) is 0. The highest BCUT2D eigenvalue weighted by Crippen LogP contribution is 2.67. The molecule has 0 spiro atoms. The van der Waals surface area contributed by atoms with Crippen LogP contribution in [0.15, 0.2) is 23.8 Å². The Kier molecular flexibility index (Phi) is 4.55. The molecule has 29 heavy (non-hydrogen) atoms. The van der Waals surface area contributed by atoms with Gasteiger partial charge in [-0.05, 0) is 56.1 Å². The molecule has 3 saturated carbocycles. The van der Waals surface area contributed by atoms with Crippen molar-refractivity contribution in [3.8, 4) is 0 Å². The monoisotopic (exact) mass is 403 g/mol. The van der Waals surface area contributed by atoms with E-state index >= 15 is 0 Å². The number of carbonyl (C=O) groups is 3. The summed E-state index contributed by atoms with van der Waals surface area (Å²) in [7, 11) is 0. The Morgan fingerprint density at radius 2 is 2.03 bits per heavy atom. The van der Waals surface area contributed by atoms with Gasteiger partial charge in [0.1, 0.15) is 5.60 Å². The third-order valence-corrected chi connectivity index (χ3v) is 8.45.